The van der Waals surface area contributed by atoms with Crippen molar-refractivity contribution < 1.29 is 12.6 Å². The van der Waals surface area contributed by atoms with Gasteiger partial charge in [-0.15, -0.1) is 0 Å². The molecule has 1 aromatic rings. The molecule has 7 heteroatoms. The molecule has 0 aliphatic heterocycles. The Labute approximate surface area is 99.7 Å². The summed E-state index contributed by atoms with van der Waals surface area (Å²) in [6.45, 7) is 2.03. The van der Waals surface area contributed by atoms with Crippen LogP contribution < -0.4 is 0 Å². The summed E-state index contributed by atoms with van der Waals surface area (Å²) in [4.78, 5) is 3.60. The minimum atomic E-state index is -3.62. The van der Waals surface area contributed by atoms with Crippen LogP contribution in [0.4, 0.5) is 0 Å². The SMILES string of the molecule is CCCOS(=O)(=O)n1ccnc1.[NaH]. The van der Waals surface area contributed by atoms with Crippen LogP contribution in [0.25, 0.3) is 0 Å². The molecule has 0 saturated heterocycles. The molecule has 0 aromatic carbocycles. The van der Waals surface area contributed by atoms with E-state index in [1.807, 2.05) is 6.92 Å². The van der Waals surface area contributed by atoms with Gasteiger partial charge in [-0.1, -0.05) is 6.92 Å². The first kappa shape index (κ1) is 13.1. The molecule has 13 heavy (non-hydrogen) atoms. The summed E-state index contributed by atoms with van der Waals surface area (Å²) in [5.41, 5.74) is 0. The maximum absolute atomic E-state index is 11.2. The first-order valence-corrected chi connectivity index (χ1v) is 4.91. The minimum absolute atomic E-state index is 0. The van der Waals surface area contributed by atoms with E-state index in [0.717, 1.165) is 3.97 Å². The quantitative estimate of drug-likeness (QED) is 0.649. The second kappa shape index (κ2) is 5.77. The summed E-state index contributed by atoms with van der Waals surface area (Å²) >= 11 is 0. The standard InChI is InChI=1S/C6H10N2O3S.Na.H/c1-2-5-11-12(9,10)8-4-3-7-6-8;;/h3-4,6H,2,5H2,1H3;;. The predicted octanol–water partition coefficient (Wildman–Crippen LogP) is -0.246. The van der Waals surface area contributed by atoms with E-state index in [0.29, 0.717) is 6.42 Å². The predicted molar refractivity (Wildman–Crippen MR) is 49.9 cm³/mol. The van der Waals surface area contributed by atoms with Gasteiger partial charge in [0.2, 0.25) is 0 Å². The summed E-state index contributed by atoms with van der Waals surface area (Å²) < 4.78 is 27.9. The molecule has 70 valence electrons. The fourth-order valence-electron chi connectivity index (χ4n) is 0.629. The number of aromatic nitrogens is 2. The van der Waals surface area contributed by atoms with Crippen molar-refractivity contribution in [1.82, 2.24) is 8.96 Å². The van der Waals surface area contributed by atoms with Gasteiger partial charge in [-0.3, -0.25) is 4.18 Å². The van der Waals surface area contributed by atoms with Crippen LogP contribution in [0.15, 0.2) is 18.7 Å². The van der Waals surface area contributed by atoms with Crippen LogP contribution in [0.2, 0.25) is 0 Å². The molecule has 0 N–H and O–H groups in total. The van der Waals surface area contributed by atoms with Gasteiger partial charge in [-0.25, -0.2) is 8.96 Å². The van der Waals surface area contributed by atoms with E-state index in [2.05, 4.69) is 9.17 Å². The molecule has 0 unspecified atom stereocenters. The van der Waals surface area contributed by atoms with Gasteiger partial charge in [0.25, 0.3) is 0 Å². The first-order valence-electron chi connectivity index (χ1n) is 3.54. The van der Waals surface area contributed by atoms with Crippen LogP contribution in [0.1, 0.15) is 13.3 Å². The van der Waals surface area contributed by atoms with Crippen LogP contribution in [-0.2, 0) is 14.5 Å². The Morgan fingerprint density at radius 3 is 2.69 bits per heavy atom. The van der Waals surface area contributed by atoms with E-state index in [9.17, 15) is 8.42 Å². The second-order valence-electron chi connectivity index (χ2n) is 2.17. The zero-order valence-corrected chi connectivity index (χ0v) is 7.49. The van der Waals surface area contributed by atoms with Crippen molar-refractivity contribution in [3.63, 3.8) is 0 Å². The van der Waals surface area contributed by atoms with Gasteiger partial charge < -0.3 is 0 Å². The Bertz CT molecular complexity index is 322. The molecule has 0 bridgehead atoms. The van der Waals surface area contributed by atoms with Crippen LogP contribution in [-0.4, -0.2) is 53.5 Å². The topological polar surface area (TPSA) is 61.2 Å². The third-order valence-corrected chi connectivity index (χ3v) is 2.37. The monoisotopic (exact) mass is 214 g/mol. The third kappa shape index (κ3) is 3.78. The van der Waals surface area contributed by atoms with Gasteiger partial charge in [0, 0.05) is 12.4 Å². The Kier molecular flexibility index (Phi) is 5.82. The van der Waals surface area contributed by atoms with Crippen molar-refractivity contribution in [3.05, 3.63) is 18.7 Å². The molecule has 1 heterocycles. The van der Waals surface area contributed by atoms with Gasteiger partial charge in [0.05, 0.1) is 6.61 Å². The normalized spacial score (nSPS) is 10.8. The zero-order chi connectivity index (χ0) is 9.03. The molecule has 0 fully saturated rings. The van der Waals surface area contributed by atoms with Gasteiger partial charge >= 0.3 is 39.9 Å². The molecular formula is C6H11N2NaO3S. The van der Waals surface area contributed by atoms with E-state index in [1.54, 1.807) is 0 Å². The summed E-state index contributed by atoms with van der Waals surface area (Å²) in [6.07, 6.45) is 4.55. The molecule has 0 amide bonds. The van der Waals surface area contributed by atoms with Gasteiger partial charge in [0.1, 0.15) is 6.33 Å². The Balaban J connectivity index is 0.00000144. The van der Waals surface area contributed by atoms with Crippen molar-refractivity contribution in [2.75, 3.05) is 6.61 Å². The fraction of sp³-hybridized carbons (Fsp3) is 0.500. The van der Waals surface area contributed by atoms with Crippen LogP contribution in [0.5, 0.6) is 0 Å². The summed E-state index contributed by atoms with van der Waals surface area (Å²) in [5.74, 6) is 0. The first-order chi connectivity index (χ1) is 5.67. The molecule has 1 rings (SSSR count). The summed E-state index contributed by atoms with van der Waals surface area (Å²) in [5, 5.41) is 0. The average Bonchev–Trinajstić information content (AvgIpc) is 2.53. The summed E-state index contributed by atoms with van der Waals surface area (Å²) in [7, 11) is -3.62. The van der Waals surface area contributed by atoms with Gasteiger partial charge in [0.15, 0.2) is 0 Å². The Morgan fingerprint density at radius 2 is 2.23 bits per heavy atom. The van der Waals surface area contributed by atoms with E-state index in [1.165, 1.54) is 18.7 Å². The van der Waals surface area contributed by atoms with E-state index < -0.39 is 10.3 Å². The molecule has 5 nitrogen and oxygen atoms in total. The Morgan fingerprint density at radius 1 is 1.54 bits per heavy atom. The van der Waals surface area contributed by atoms with Crippen molar-refractivity contribution >= 4 is 39.9 Å². The number of hydrogen-bond donors (Lipinski definition) is 0. The van der Waals surface area contributed by atoms with Crippen LogP contribution in [0.3, 0.4) is 0 Å². The fourth-order valence-corrected chi connectivity index (χ4v) is 1.50. The molecule has 0 aliphatic carbocycles. The van der Waals surface area contributed by atoms with Gasteiger partial charge in [-0.05, 0) is 6.42 Å². The van der Waals surface area contributed by atoms with Crippen molar-refractivity contribution in [1.29, 1.82) is 0 Å². The van der Waals surface area contributed by atoms with Crippen LogP contribution >= 0.6 is 0 Å². The molecule has 0 atom stereocenters. The number of hydrogen-bond acceptors (Lipinski definition) is 4. The molecule has 0 aliphatic rings. The number of imidazole rings is 1. The van der Waals surface area contributed by atoms with Gasteiger partial charge in [-0.2, -0.15) is 8.42 Å². The number of rotatable bonds is 4. The average molecular weight is 214 g/mol. The van der Waals surface area contributed by atoms with E-state index in [4.69, 9.17) is 0 Å². The molecule has 0 radical (unpaired) electrons. The van der Waals surface area contributed by atoms with E-state index >= 15 is 0 Å². The molecular weight excluding hydrogens is 203 g/mol. The number of nitrogens with zero attached hydrogens (tertiary/aromatic N) is 2. The molecule has 0 saturated carbocycles. The van der Waals surface area contributed by atoms with Crippen molar-refractivity contribution in [3.8, 4) is 0 Å². The van der Waals surface area contributed by atoms with Crippen molar-refractivity contribution in [2.24, 2.45) is 0 Å². The van der Waals surface area contributed by atoms with Crippen molar-refractivity contribution in [2.45, 2.75) is 13.3 Å². The second-order valence-corrected chi connectivity index (χ2v) is 3.69. The third-order valence-electron chi connectivity index (χ3n) is 1.17. The maximum atomic E-state index is 11.2. The molecule has 1 aromatic heterocycles. The molecule has 0 spiro atoms. The summed E-state index contributed by atoms with van der Waals surface area (Å²) in [6, 6.07) is 0. The van der Waals surface area contributed by atoms with Crippen LogP contribution in [0, 0.1) is 0 Å². The Hall–Kier alpha value is 0.120. The van der Waals surface area contributed by atoms with E-state index in [-0.39, 0.29) is 36.2 Å². The zero-order valence-electron chi connectivity index (χ0n) is 6.67.